The molecule has 0 aliphatic carbocycles. The van der Waals surface area contributed by atoms with Crippen molar-refractivity contribution < 1.29 is 9.92 Å². The predicted molar refractivity (Wildman–Crippen MR) is 56.2 cm³/mol. The average Bonchev–Trinajstić information content (AvgIpc) is 2.66. The first-order valence-electron chi connectivity index (χ1n) is 5.38. The van der Waals surface area contributed by atoms with Gasteiger partial charge in [-0.3, -0.25) is 0 Å². The summed E-state index contributed by atoms with van der Waals surface area (Å²) in [4.78, 5) is 14.2. The first kappa shape index (κ1) is 12.4. The highest BCUT2D eigenvalue weighted by atomic mass is 16.9. The first-order valence-corrected chi connectivity index (χ1v) is 5.38. The van der Waals surface area contributed by atoms with Crippen LogP contribution in [0.2, 0.25) is 0 Å². The van der Waals surface area contributed by atoms with Gasteiger partial charge < -0.3 is 4.84 Å². The van der Waals surface area contributed by atoms with E-state index in [0.29, 0.717) is 6.54 Å². The third-order valence-corrected chi connectivity index (χ3v) is 2.23. The maximum Gasteiger partial charge on any atom is 0.294 e. The van der Waals surface area contributed by atoms with Crippen LogP contribution in [0.25, 0.3) is 0 Å². The van der Waals surface area contributed by atoms with E-state index in [1.54, 1.807) is 10.9 Å². The lowest BCUT2D eigenvalue weighted by atomic mass is 10.2. The van der Waals surface area contributed by atoms with Gasteiger partial charge in [0.15, 0.2) is 0 Å². The monoisotopic (exact) mass is 228 g/mol. The van der Waals surface area contributed by atoms with Crippen molar-refractivity contribution in [1.82, 2.24) is 15.0 Å². The highest BCUT2D eigenvalue weighted by molar-refractivity contribution is 4.93. The molecule has 0 saturated heterocycles. The average molecular weight is 228 g/mol. The van der Waals surface area contributed by atoms with E-state index < -0.39 is 5.09 Å². The molecule has 0 N–H and O–H groups in total. The molecule has 16 heavy (non-hydrogen) atoms. The summed E-state index contributed by atoms with van der Waals surface area (Å²) < 4.78 is 1.65. The van der Waals surface area contributed by atoms with Gasteiger partial charge in [0.1, 0.15) is 6.61 Å². The molecule has 0 amide bonds. The van der Waals surface area contributed by atoms with E-state index in [2.05, 4.69) is 22.1 Å². The van der Waals surface area contributed by atoms with Gasteiger partial charge in [0.25, 0.3) is 5.09 Å². The molecule has 1 aromatic rings. The molecule has 1 heterocycles. The SMILES string of the molecule is CCCCCc1cnnn1CCO[N+](=O)[O-]. The summed E-state index contributed by atoms with van der Waals surface area (Å²) in [7, 11) is 0. The van der Waals surface area contributed by atoms with Crippen LogP contribution in [0.4, 0.5) is 0 Å². The Labute approximate surface area is 93.5 Å². The zero-order valence-corrected chi connectivity index (χ0v) is 9.33. The molecule has 0 bridgehead atoms. The molecular formula is C9H16N4O3. The molecule has 1 aromatic heterocycles. The molecule has 0 fully saturated rings. The first-order chi connectivity index (χ1) is 7.74. The van der Waals surface area contributed by atoms with Crippen molar-refractivity contribution >= 4 is 0 Å². The van der Waals surface area contributed by atoms with Gasteiger partial charge in [0.05, 0.1) is 18.4 Å². The number of hydrogen-bond acceptors (Lipinski definition) is 5. The minimum atomic E-state index is -0.798. The van der Waals surface area contributed by atoms with E-state index >= 15 is 0 Å². The number of nitrogens with zero attached hydrogens (tertiary/aromatic N) is 4. The molecule has 90 valence electrons. The number of aryl methyl sites for hydroxylation is 1. The minimum Gasteiger partial charge on any atom is -0.312 e. The van der Waals surface area contributed by atoms with Crippen LogP contribution in [0, 0.1) is 10.1 Å². The standard InChI is InChI=1S/C9H16N4O3/c1-2-3-4-5-9-8-10-11-12(9)6-7-16-13(14)15/h8H,2-7H2,1H3. The Morgan fingerprint density at radius 2 is 2.38 bits per heavy atom. The van der Waals surface area contributed by atoms with Crippen molar-refractivity contribution in [2.75, 3.05) is 6.61 Å². The molecule has 0 aliphatic rings. The van der Waals surface area contributed by atoms with E-state index in [0.717, 1.165) is 31.4 Å². The Morgan fingerprint density at radius 3 is 3.06 bits per heavy atom. The maximum absolute atomic E-state index is 9.96. The molecule has 0 unspecified atom stereocenters. The summed E-state index contributed by atoms with van der Waals surface area (Å²) in [6, 6.07) is 0. The topological polar surface area (TPSA) is 83.1 Å². The summed E-state index contributed by atoms with van der Waals surface area (Å²) in [5, 5.41) is 16.8. The van der Waals surface area contributed by atoms with Gasteiger partial charge in [-0.1, -0.05) is 25.0 Å². The zero-order chi connectivity index (χ0) is 11.8. The van der Waals surface area contributed by atoms with Gasteiger partial charge in [-0.05, 0) is 12.8 Å². The summed E-state index contributed by atoms with van der Waals surface area (Å²) in [6.07, 6.45) is 6.00. The van der Waals surface area contributed by atoms with Crippen LogP contribution in [0.1, 0.15) is 31.9 Å². The van der Waals surface area contributed by atoms with Gasteiger partial charge in [0.2, 0.25) is 0 Å². The third-order valence-electron chi connectivity index (χ3n) is 2.23. The van der Waals surface area contributed by atoms with Crippen LogP contribution in [0.3, 0.4) is 0 Å². The third kappa shape index (κ3) is 4.24. The molecule has 1 rings (SSSR count). The molecular weight excluding hydrogens is 212 g/mol. The van der Waals surface area contributed by atoms with Crippen LogP contribution in [0.15, 0.2) is 6.20 Å². The molecule has 0 aliphatic heterocycles. The van der Waals surface area contributed by atoms with Crippen molar-refractivity contribution in [3.05, 3.63) is 22.0 Å². The van der Waals surface area contributed by atoms with Crippen LogP contribution in [0.5, 0.6) is 0 Å². The highest BCUT2D eigenvalue weighted by Crippen LogP contribution is 2.04. The van der Waals surface area contributed by atoms with E-state index in [-0.39, 0.29) is 6.61 Å². The van der Waals surface area contributed by atoms with Gasteiger partial charge >= 0.3 is 0 Å². The Morgan fingerprint density at radius 1 is 1.56 bits per heavy atom. The lowest BCUT2D eigenvalue weighted by Crippen LogP contribution is -2.13. The number of unbranched alkanes of at least 4 members (excludes halogenated alkanes) is 2. The van der Waals surface area contributed by atoms with E-state index in [1.165, 1.54) is 0 Å². The lowest BCUT2D eigenvalue weighted by molar-refractivity contribution is -0.758. The number of aromatic nitrogens is 3. The Hall–Kier alpha value is -1.66. The van der Waals surface area contributed by atoms with Crippen LogP contribution in [-0.4, -0.2) is 26.7 Å². The Kier molecular flexibility index (Phi) is 5.24. The second kappa shape index (κ2) is 6.76. The smallest absolute Gasteiger partial charge is 0.294 e. The lowest BCUT2D eigenvalue weighted by Gasteiger charge is -2.04. The fraction of sp³-hybridized carbons (Fsp3) is 0.778. The molecule has 7 heteroatoms. The van der Waals surface area contributed by atoms with Crippen LogP contribution < -0.4 is 0 Å². The molecule has 7 nitrogen and oxygen atoms in total. The quantitative estimate of drug-likeness (QED) is 0.379. The van der Waals surface area contributed by atoms with E-state index in [4.69, 9.17) is 0 Å². The predicted octanol–water partition coefficient (Wildman–Crippen LogP) is 1.22. The van der Waals surface area contributed by atoms with Gasteiger partial charge in [-0.2, -0.15) is 0 Å². The Bertz CT molecular complexity index is 326. The minimum absolute atomic E-state index is 0.0110. The van der Waals surface area contributed by atoms with Crippen molar-refractivity contribution in [2.24, 2.45) is 0 Å². The van der Waals surface area contributed by atoms with Crippen LogP contribution in [-0.2, 0) is 17.8 Å². The summed E-state index contributed by atoms with van der Waals surface area (Å²) in [5.41, 5.74) is 1.00. The normalized spacial score (nSPS) is 10.3. The van der Waals surface area contributed by atoms with Crippen molar-refractivity contribution in [3.63, 3.8) is 0 Å². The maximum atomic E-state index is 9.96. The molecule has 0 aromatic carbocycles. The van der Waals surface area contributed by atoms with E-state index in [1.807, 2.05) is 0 Å². The van der Waals surface area contributed by atoms with Crippen LogP contribution >= 0.6 is 0 Å². The molecule has 0 radical (unpaired) electrons. The second-order valence-electron chi connectivity index (χ2n) is 3.46. The second-order valence-corrected chi connectivity index (χ2v) is 3.46. The van der Waals surface area contributed by atoms with Crippen molar-refractivity contribution in [3.8, 4) is 0 Å². The molecule has 0 spiro atoms. The Balaban J connectivity index is 2.34. The summed E-state index contributed by atoms with van der Waals surface area (Å²) >= 11 is 0. The molecule has 0 saturated carbocycles. The van der Waals surface area contributed by atoms with Gasteiger partial charge in [-0.25, -0.2) is 4.68 Å². The van der Waals surface area contributed by atoms with Gasteiger partial charge in [-0.15, -0.1) is 15.2 Å². The molecule has 0 atom stereocenters. The van der Waals surface area contributed by atoms with E-state index in [9.17, 15) is 10.1 Å². The number of hydrogen-bond donors (Lipinski definition) is 0. The van der Waals surface area contributed by atoms with Crippen molar-refractivity contribution in [2.45, 2.75) is 39.2 Å². The summed E-state index contributed by atoms with van der Waals surface area (Å²) in [5.74, 6) is 0. The zero-order valence-electron chi connectivity index (χ0n) is 9.33. The van der Waals surface area contributed by atoms with Gasteiger partial charge in [0, 0.05) is 0 Å². The fourth-order valence-electron chi connectivity index (χ4n) is 1.42. The highest BCUT2D eigenvalue weighted by Gasteiger charge is 2.04. The largest absolute Gasteiger partial charge is 0.312 e. The fourth-order valence-corrected chi connectivity index (χ4v) is 1.42. The number of rotatable bonds is 8. The summed E-state index contributed by atoms with van der Waals surface area (Å²) in [6.45, 7) is 2.51. The van der Waals surface area contributed by atoms with Crippen molar-refractivity contribution in [1.29, 1.82) is 0 Å².